The molecule has 0 spiro atoms. The summed E-state index contributed by atoms with van der Waals surface area (Å²) in [5, 5.41) is 3.13. The summed E-state index contributed by atoms with van der Waals surface area (Å²) in [5.41, 5.74) is -0.327. The van der Waals surface area contributed by atoms with Crippen molar-refractivity contribution in [1.82, 2.24) is 10.0 Å². The summed E-state index contributed by atoms with van der Waals surface area (Å²) in [7, 11) is -1.71. The molecule has 0 aromatic heterocycles. The van der Waals surface area contributed by atoms with Crippen molar-refractivity contribution in [2.75, 3.05) is 32.6 Å². The maximum absolute atomic E-state index is 11.5. The molecule has 0 saturated carbocycles. The zero-order valence-corrected chi connectivity index (χ0v) is 9.49. The third kappa shape index (κ3) is 3.53. The van der Waals surface area contributed by atoms with Gasteiger partial charge in [0, 0.05) is 19.2 Å². The van der Waals surface area contributed by atoms with Crippen molar-refractivity contribution in [2.45, 2.75) is 18.9 Å². The molecule has 1 saturated heterocycles. The van der Waals surface area contributed by atoms with E-state index in [4.69, 9.17) is 4.74 Å². The quantitative estimate of drug-likeness (QED) is 0.646. The van der Waals surface area contributed by atoms with E-state index in [9.17, 15) is 8.42 Å². The van der Waals surface area contributed by atoms with Gasteiger partial charge in [-0.2, -0.15) is 0 Å². The van der Waals surface area contributed by atoms with Crippen LogP contribution in [0.15, 0.2) is 0 Å². The lowest BCUT2D eigenvalue weighted by molar-refractivity contribution is 0.216. The molecular weight excluding hydrogens is 204 g/mol. The Morgan fingerprint density at radius 2 is 2.29 bits per heavy atom. The molecule has 0 bridgehead atoms. The van der Waals surface area contributed by atoms with Crippen LogP contribution in [0.2, 0.25) is 0 Å². The predicted octanol–water partition coefficient (Wildman–Crippen LogP) is -0.696. The maximum Gasteiger partial charge on any atom is 0.214 e. The van der Waals surface area contributed by atoms with Gasteiger partial charge in [0.15, 0.2) is 0 Å². The van der Waals surface area contributed by atoms with Gasteiger partial charge < -0.3 is 10.1 Å². The second-order valence-electron chi connectivity index (χ2n) is 3.90. The number of hydrogen-bond donors (Lipinski definition) is 2. The Balaban J connectivity index is 2.49. The van der Waals surface area contributed by atoms with Gasteiger partial charge in [0.1, 0.15) is 0 Å². The van der Waals surface area contributed by atoms with Crippen LogP contribution in [0.5, 0.6) is 0 Å². The number of hydrogen-bond acceptors (Lipinski definition) is 4. The highest BCUT2D eigenvalue weighted by molar-refractivity contribution is 7.89. The molecule has 1 heterocycles. The van der Waals surface area contributed by atoms with E-state index in [0.717, 1.165) is 13.0 Å². The summed E-state index contributed by atoms with van der Waals surface area (Å²) in [6, 6.07) is 0. The Morgan fingerprint density at radius 3 is 2.79 bits per heavy atom. The minimum absolute atomic E-state index is 0.0269. The molecule has 1 fully saturated rings. The first kappa shape index (κ1) is 11.9. The molecule has 14 heavy (non-hydrogen) atoms. The highest BCUT2D eigenvalue weighted by Gasteiger charge is 2.32. The molecule has 1 unspecified atom stereocenters. The average Bonchev–Trinajstić information content (AvgIpc) is 2.47. The first-order chi connectivity index (χ1) is 6.47. The Morgan fingerprint density at radius 1 is 1.57 bits per heavy atom. The van der Waals surface area contributed by atoms with Crippen LogP contribution in [0.3, 0.4) is 0 Å². The summed E-state index contributed by atoms with van der Waals surface area (Å²) in [5.74, 6) is 0.0269. The second-order valence-corrected chi connectivity index (χ2v) is 5.74. The van der Waals surface area contributed by atoms with Crippen molar-refractivity contribution in [3.63, 3.8) is 0 Å². The van der Waals surface area contributed by atoms with Gasteiger partial charge in [-0.15, -0.1) is 0 Å². The van der Waals surface area contributed by atoms with Crippen molar-refractivity contribution in [1.29, 1.82) is 0 Å². The molecule has 1 atom stereocenters. The molecule has 6 heteroatoms. The lowest BCUT2D eigenvalue weighted by atomic mass is 10.0. The summed E-state index contributed by atoms with van der Waals surface area (Å²) in [4.78, 5) is 0. The van der Waals surface area contributed by atoms with Crippen molar-refractivity contribution in [3.8, 4) is 0 Å². The van der Waals surface area contributed by atoms with Gasteiger partial charge in [-0.25, -0.2) is 13.1 Å². The SMILES string of the molecule is COCCS(=O)(=O)NC1(C)CCNC1. The van der Waals surface area contributed by atoms with Crippen LogP contribution in [-0.2, 0) is 14.8 Å². The van der Waals surface area contributed by atoms with E-state index in [-0.39, 0.29) is 17.9 Å². The van der Waals surface area contributed by atoms with Crippen LogP contribution in [0.4, 0.5) is 0 Å². The third-order valence-corrected chi connectivity index (χ3v) is 3.83. The summed E-state index contributed by atoms with van der Waals surface area (Å²) in [6.07, 6.45) is 0.833. The van der Waals surface area contributed by atoms with Gasteiger partial charge in [-0.1, -0.05) is 0 Å². The average molecular weight is 222 g/mol. The van der Waals surface area contributed by atoms with Gasteiger partial charge >= 0.3 is 0 Å². The van der Waals surface area contributed by atoms with E-state index >= 15 is 0 Å². The Hall–Kier alpha value is -0.170. The fourth-order valence-electron chi connectivity index (χ4n) is 1.52. The topological polar surface area (TPSA) is 67.4 Å². The number of ether oxygens (including phenoxy) is 1. The van der Waals surface area contributed by atoms with E-state index in [1.807, 2.05) is 6.92 Å². The molecule has 1 rings (SSSR count). The van der Waals surface area contributed by atoms with Crippen molar-refractivity contribution >= 4 is 10.0 Å². The number of rotatable bonds is 5. The van der Waals surface area contributed by atoms with Gasteiger partial charge in [-0.3, -0.25) is 0 Å². The van der Waals surface area contributed by atoms with Crippen LogP contribution in [-0.4, -0.2) is 46.5 Å². The normalized spacial score (nSPS) is 28.1. The predicted molar refractivity (Wildman–Crippen MR) is 54.7 cm³/mol. The van der Waals surface area contributed by atoms with E-state index in [2.05, 4.69) is 10.0 Å². The fraction of sp³-hybridized carbons (Fsp3) is 1.00. The van der Waals surface area contributed by atoms with Crippen LogP contribution >= 0.6 is 0 Å². The molecular formula is C8H18N2O3S. The maximum atomic E-state index is 11.5. The molecule has 5 nitrogen and oxygen atoms in total. The molecule has 0 radical (unpaired) electrons. The van der Waals surface area contributed by atoms with Crippen LogP contribution in [0, 0.1) is 0 Å². The summed E-state index contributed by atoms with van der Waals surface area (Å²) >= 11 is 0. The number of nitrogens with one attached hydrogen (secondary N) is 2. The first-order valence-electron chi connectivity index (χ1n) is 4.69. The van der Waals surface area contributed by atoms with Crippen LogP contribution in [0.1, 0.15) is 13.3 Å². The highest BCUT2D eigenvalue weighted by atomic mass is 32.2. The number of sulfonamides is 1. The zero-order valence-electron chi connectivity index (χ0n) is 8.67. The Labute approximate surface area is 85.3 Å². The fourth-order valence-corrected chi connectivity index (χ4v) is 2.94. The third-order valence-electron chi connectivity index (χ3n) is 2.33. The molecule has 84 valence electrons. The monoisotopic (exact) mass is 222 g/mol. The summed E-state index contributed by atoms with van der Waals surface area (Å²) < 4.78 is 30.5. The minimum Gasteiger partial charge on any atom is -0.384 e. The lowest BCUT2D eigenvalue weighted by Crippen LogP contribution is -2.48. The lowest BCUT2D eigenvalue weighted by Gasteiger charge is -2.23. The minimum atomic E-state index is -3.20. The largest absolute Gasteiger partial charge is 0.384 e. The molecule has 0 amide bonds. The smallest absolute Gasteiger partial charge is 0.214 e. The Bertz CT molecular complexity index is 270. The van der Waals surface area contributed by atoms with E-state index < -0.39 is 10.0 Å². The summed E-state index contributed by atoms with van der Waals surface area (Å²) in [6.45, 7) is 3.71. The van der Waals surface area contributed by atoms with E-state index in [1.165, 1.54) is 7.11 Å². The molecule has 1 aliphatic heterocycles. The molecule has 2 N–H and O–H groups in total. The van der Waals surface area contributed by atoms with Gasteiger partial charge in [0.25, 0.3) is 0 Å². The van der Waals surface area contributed by atoms with Crippen LogP contribution < -0.4 is 10.0 Å². The molecule has 0 aliphatic carbocycles. The molecule has 1 aliphatic rings. The second kappa shape index (κ2) is 4.57. The van der Waals surface area contributed by atoms with Gasteiger partial charge in [0.2, 0.25) is 10.0 Å². The number of methoxy groups -OCH3 is 1. The van der Waals surface area contributed by atoms with Crippen molar-refractivity contribution in [2.24, 2.45) is 0 Å². The first-order valence-corrected chi connectivity index (χ1v) is 6.34. The molecule has 0 aromatic rings. The highest BCUT2D eigenvalue weighted by Crippen LogP contribution is 2.14. The molecule has 0 aromatic carbocycles. The Kier molecular flexibility index (Phi) is 3.88. The zero-order chi connectivity index (χ0) is 10.7. The van der Waals surface area contributed by atoms with Gasteiger partial charge in [-0.05, 0) is 19.9 Å². The van der Waals surface area contributed by atoms with E-state index in [1.54, 1.807) is 0 Å². The van der Waals surface area contributed by atoms with Crippen molar-refractivity contribution in [3.05, 3.63) is 0 Å². The van der Waals surface area contributed by atoms with Crippen LogP contribution in [0.25, 0.3) is 0 Å². The van der Waals surface area contributed by atoms with Gasteiger partial charge in [0.05, 0.1) is 12.4 Å². The van der Waals surface area contributed by atoms with E-state index in [0.29, 0.717) is 6.54 Å². The standard InChI is InChI=1S/C8H18N2O3S/c1-8(3-4-9-7-8)10-14(11,12)6-5-13-2/h9-10H,3-7H2,1-2H3. The van der Waals surface area contributed by atoms with Crippen molar-refractivity contribution < 1.29 is 13.2 Å².